The lowest BCUT2D eigenvalue weighted by atomic mass is 9.98. The first-order chi connectivity index (χ1) is 13.1. The van der Waals surface area contributed by atoms with Crippen LogP contribution in [-0.4, -0.2) is 52.2 Å². The Bertz CT molecular complexity index is 787. The van der Waals surface area contributed by atoms with Gasteiger partial charge in [0.05, 0.1) is 13.0 Å². The standard InChI is InChI=1S/C19H23N3O5/c1-26-15-9-7-13(8-10-15)18-20-16(27-21-18)5-2-6-17(23)22-11-3-4-14(12-22)19(24)25/h7-10,14H,2-6,11-12H2,1H3,(H,24,25)/t14-/m1/s1. The third-order valence-electron chi connectivity index (χ3n) is 4.72. The van der Waals surface area contributed by atoms with E-state index in [-0.39, 0.29) is 5.91 Å². The molecule has 3 rings (SSSR count). The van der Waals surface area contributed by atoms with E-state index in [0.29, 0.717) is 50.5 Å². The minimum absolute atomic E-state index is 0.0177. The summed E-state index contributed by atoms with van der Waals surface area (Å²) >= 11 is 0. The van der Waals surface area contributed by atoms with Gasteiger partial charge < -0.3 is 19.3 Å². The fourth-order valence-electron chi connectivity index (χ4n) is 3.17. The van der Waals surface area contributed by atoms with Crippen LogP contribution >= 0.6 is 0 Å². The highest BCUT2D eigenvalue weighted by Gasteiger charge is 2.27. The van der Waals surface area contributed by atoms with Crippen LogP contribution in [0.4, 0.5) is 0 Å². The van der Waals surface area contributed by atoms with Crippen LogP contribution in [0.1, 0.15) is 31.6 Å². The smallest absolute Gasteiger partial charge is 0.308 e. The number of benzene rings is 1. The summed E-state index contributed by atoms with van der Waals surface area (Å²) < 4.78 is 10.4. The Balaban J connectivity index is 1.48. The van der Waals surface area contributed by atoms with Gasteiger partial charge in [-0.1, -0.05) is 5.16 Å². The lowest BCUT2D eigenvalue weighted by molar-refractivity contribution is -0.145. The molecule has 1 N–H and O–H groups in total. The van der Waals surface area contributed by atoms with Crippen molar-refractivity contribution in [2.45, 2.75) is 32.1 Å². The Kier molecular flexibility index (Phi) is 6.05. The second-order valence-corrected chi connectivity index (χ2v) is 6.61. The van der Waals surface area contributed by atoms with Gasteiger partial charge in [-0.05, 0) is 43.5 Å². The summed E-state index contributed by atoms with van der Waals surface area (Å²) in [4.78, 5) is 29.4. The Morgan fingerprint density at radius 2 is 2.11 bits per heavy atom. The number of hydrogen-bond acceptors (Lipinski definition) is 6. The molecule has 1 atom stereocenters. The van der Waals surface area contributed by atoms with Crippen LogP contribution in [0.3, 0.4) is 0 Å². The Morgan fingerprint density at radius 1 is 1.33 bits per heavy atom. The van der Waals surface area contributed by atoms with E-state index >= 15 is 0 Å². The van der Waals surface area contributed by atoms with Crippen LogP contribution in [0.2, 0.25) is 0 Å². The van der Waals surface area contributed by atoms with Crippen molar-refractivity contribution in [3.05, 3.63) is 30.2 Å². The van der Waals surface area contributed by atoms with E-state index in [1.807, 2.05) is 24.3 Å². The molecule has 8 heteroatoms. The lowest BCUT2D eigenvalue weighted by Gasteiger charge is -2.30. The number of carbonyl (C=O) groups is 2. The first-order valence-corrected chi connectivity index (χ1v) is 9.04. The van der Waals surface area contributed by atoms with Crippen molar-refractivity contribution in [2.75, 3.05) is 20.2 Å². The van der Waals surface area contributed by atoms with Gasteiger partial charge >= 0.3 is 5.97 Å². The van der Waals surface area contributed by atoms with Crippen molar-refractivity contribution < 1.29 is 24.0 Å². The predicted molar refractivity (Wildman–Crippen MR) is 96.2 cm³/mol. The summed E-state index contributed by atoms with van der Waals surface area (Å²) in [5.41, 5.74) is 0.829. The third kappa shape index (κ3) is 4.84. The Hall–Kier alpha value is -2.90. The summed E-state index contributed by atoms with van der Waals surface area (Å²) in [6, 6.07) is 7.36. The molecule has 27 heavy (non-hydrogen) atoms. The lowest BCUT2D eigenvalue weighted by Crippen LogP contribution is -2.42. The number of ether oxygens (including phenoxy) is 1. The van der Waals surface area contributed by atoms with Crippen LogP contribution in [-0.2, 0) is 16.0 Å². The number of likely N-dealkylation sites (tertiary alicyclic amines) is 1. The molecule has 1 aromatic carbocycles. The SMILES string of the molecule is COc1ccc(-c2noc(CCCC(=O)N3CCC[C@@H](C(=O)O)C3)n2)cc1. The molecule has 0 spiro atoms. The van der Waals surface area contributed by atoms with Crippen molar-refractivity contribution >= 4 is 11.9 Å². The zero-order chi connectivity index (χ0) is 19.2. The topological polar surface area (TPSA) is 106 Å². The van der Waals surface area contributed by atoms with Gasteiger partial charge in [0.15, 0.2) is 0 Å². The molecule has 0 saturated carbocycles. The molecule has 0 radical (unpaired) electrons. The highest BCUT2D eigenvalue weighted by atomic mass is 16.5. The fourth-order valence-corrected chi connectivity index (χ4v) is 3.17. The van der Waals surface area contributed by atoms with Crippen LogP contribution in [0.15, 0.2) is 28.8 Å². The van der Waals surface area contributed by atoms with E-state index in [9.17, 15) is 9.59 Å². The van der Waals surface area contributed by atoms with Crippen molar-refractivity contribution in [3.8, 4) is 17.1 Å². The molecule has 0 bridgehead atoms. The minimum Gasteiger partial charge on any atom is -0.497 e. The number of amides is 1. The Morgan fingerprint density at radius 3 is 2.81 bits per heavy atom. The zero-order valence-corrected chi connectivity index (χ0v) is 15.3. The van der Waals surface area contributed by atoms with E-state index in [2.05, 4.69) is 10.1 Å². The van der Waals surface area contributed by atoms with Crippen molar-refractivity contribution in [3.63, 3.8) is 0 Å². The number of methoxy groups -OCH3 is 1. The highest BCUT2D eigenvalue weighted by Crippen LogP contribution is 2.21. The molecule has 1 aliphatic heterocycles. The third-order valence-corrected chi connectivity index (χ3v) is 4.72. The van der Waals surface area contributed by atoms with Gasteiger partial charge in [-0.15, -0.1) is 0 Å². The number of aliphatic carboxylic acids is 1. The number of carboxylic acids is 1. The molecule has 2 aromatic rings. The monoisotopic (exact) mass is 373 g/mol. The van der Waals surface area contributed by atoms with Crippen molar-refractivity contribution in [1.82, 2.24) is 15.0 Å². The van der Waals surface area contributed by atoms with Gasteiger partial charge in [-0.2, -0.15) is 4.98 Å². The maximum atomic E-state index is 12.3. The quantitative estimate of drug-likeness (QED) is 0.794. The fraction of sp³-hybridized carbons (Fsp3) is 0.474. The molecule has 1 aromatic heterocycles. The average molecular weight is 373 g/mol. The molecule has 144 valence electrons. The number of piperidine rings is 1. The van der Waals surface area contributed by atoms with Gasteiger partial charge in [0.25, 0.3) is 0 Å². The van der Waals surface area contributed by atoms with Gasteiger partial charge in [0.2, 0.25) is 17.6 Å². The molecular formula is C19H23N3O5. The van der Waals surface area contributed by atoms with Gasteiger partial charge in [-0.25, -0.2) is 0 Å². The molecule has 1 fully saturated rings. The van der Waals surface area contributed by atoms with Gasteiger partial charge in [0, 0.05) is 31.5 Å². The number of hydrogen-bond donors (Lipinski definition) is 1. The van der Waals surface area contributed by atoms with Crippen LogP contribution in [0.5, 0.6) is 5.75 Å². The van der Waals surface area contributed by atoms with Gasteiger partial charge in [0.1, 0.15) is 5.75 Å². The molecule has 8 nitrogen and oxygen atoms in total. The summed E-state index contributed by atoms with van der Waals surface area (Å²) in [5.74, 6) is 0.435. The van der Waals surface area contributed by atoms with Crippen LogP contribution in [0.25, 0.3) is 11.4 Å². The molecule has 1 amide bonds. The summed E-state index contributed by atoms with van der Waals surface area (Å²) in [5, 5.41) is 13.1. The second kappa shape index (κ2) is 8.66. The largest absolute Gasteiger partial charge is 0.497 e. The number of nitrogens with zero attached hydrogens (tertiary/aromatic N) is 3. The van der Waals surface area contributed by atoms with E-state index in [1.165, 1.54) is 0 Å². The van der Waals surface area contributed by atoms with E-state index < -0.39 is 11.9 Å². The summed E-state index contributed by atoms with van der Waals surface area (Å²) in [7, 11) is 1.61. The first-order valence-electron chi connectivity index (χ1n) is 9.04. The maximum Gasteiger partial charge on any atom is 0.308 e. The van der Waals surface area contributed by atoms with E-state index in [0.717, 1.165) is 17.7 Å². The zero-order valence-electron chi connectivity index (χ0n) is 15.3. The summed E-state index contributed by atoms with van der Waals surface area (Å²) in [6.45, 7) is 0.932. The second-order valence-electron chi connectivity index (χ2n) is 6.61. The molecule has 1 saturated heterocycles. The van der Waals surface area contributed by atoms with E-state index in [4.69, 9.17) is 14.4 Å². The Labute approximate surface area is 157 Å². The number of aryl methyl sites for hydroxylation is 1. The van der Waals surface area contributed by atoms with Crippen LogP contribution < -0.4 is 4.74 Å². The van der Waals surface area contributed by atoms with Crippen LogP contribution in [0, 0.1) is 5.92 Å². The number of carbonyl (C=O) groups excluding carboxylic acids is 1. The normalized spacial score (nSPS) is 16.9. The molecule has 2 heterocycles. The first kappa shape index (κ1) is 18.9. The maximum absolute atomic E-state index is 12.3. The number of carboxylic acid groups (broad SMARTS) is 1. The number of rotatable bonds is 7. The summed E-state index contributed by atoms with van der Waals surface area (Å²) in [6.07, 6.45) is 2.79. The predicted octanol–water partition coefficient (Wildman–Crippen LogP) is 2.39. The molecule has 1 aliphatic rings. The minimum atomic E-state index is -0.829. The average Bonchev–Trinajstić information content (AvgIpc) is 3.17. The molecular weight excluding hydrogens is 350 g/mol. The van der Waals surface area contributed by atoms with Crippen molar-refractivity contribution in [1.29, 1.82) is 0 Å². The molecule has 0 aliphatic carbocycles. The van der Waals surface area contributed by atoms with E-state index in [1.54, 1.807) is 12.0 Å². The van der Waals surface area contributed by atoms with Gasteiger partial charge in [-0.3, -0.25) is 9.59 Å². The van der Waals surface area contributed by atoms with Crippen molar-refractivity contribution in [2.24, 2.45) is 5.92 Å². The molecule has 0 unspecified atom stereocenters. The highest BCUT2D eigenvalue weighted by molar-refractivity contribution is 5.78. The number of aromatic nitrogens is 2.